The van der Waals surface area contributed by atoms with Gasteiger partial charge in [-0.25, -0.2) is 0 Å². The summed E-state index contributed by atoms with van der Waals surface area (Å²) in [6.07, 6.45) is 5.42. The first-order valence-corrected chi connectivity index (χ1v) is 10.4. The van der Waals surface area contributed by atoms with E-state index < -0.39 is 0 Å². The Balaban J connectivity index is 1.69. The van der Waals surface area contributed by atoms with Gasteiger partial charge in [0.15, 0.2) is 0 Å². The van der Waals surface area contributed by atoms with Crippen molar-refractivity contribution in [3.8, 4) is 0 Å². The van der Waals surface area contributed by atoms with Crippen molar-refractivity contribution in [2.75, 3.05) is 19.8 Å². The van der Waals surface area contributed by atoms with Gasteiger partial charge in [-0.05, 0) is 84.0 Å². The van der Waals surface area contributed by atoms with E-state index >= 15 is 0 Å². The fraction of sp³-hybridized carbons (Fsp3) is 0.727. The molecule has 26 heavy (non-hydrogen) atoms. The minimum Gasteiger partial charge on any atom is -0.376 e. The Hall–Kier alpha value is -0.610. The normalized spacial score (nSPS) is 30.9. The molecule has 0 spiro atoms. The zero-order chi connectivity index (χ0) is 18.8. The van der Waals surface area contributed by atoms with Crippen molar-refractivity contribution < 1.29 is 9.47 Å². The van der Waals surface area contributed by atoms with Crippen LogP contribution in [0.4, 0.5) is 0 Å². The zero-order valence-corrected chi connectivity index (χ0v) is 17.5. The molecule has 3 nitrogen and oxygen atoms in total. The monoisotopic (exact) mass is 379 g/mol. The van der Waals surface area contributed by atoms with Gasteiger partial charge in [0.25, 0.3) is 0 Å². The van der Waals surface area contributed by atoms with Crippen LogP contribution in [0.2, 0.25) is 5.02 Å². The van der Waals surface area contributed by atoms with Crippen LogP contribution < -0.4 is 5.32 Å². The SMILES string of the molecule is CC1(C)CC(NCCC2(c3ccc(Cl)cc3)CCOC(C)(C)C2)CCO1. The molecule has 2 saturated heterocycles. The molecule has 146 valence electrons. The standard InChI is InChI=1S/C22H34ClNO2/c1-20(2)15-19(9-13-25-20)24-12-10-22(11-14-26-21(3,4)16-22)17-5-7-18(23)8-6-17/h5-8,19,24H,9-16H2,1-4H3. The van der Waals surface area contributed by atoms with Crippen molar-refractivity contribution >= 4 is 11.6 Å². The number of hydrogen-bond donors (Lipinski definition) is 1. The Kier molecular flexibility index (Phi) is 6.03. The van der Waals surface area contributed by atoms with Crippen LogP contribution in [0.15, 0.2) is 24.3 Å². The summed E-state index contributed by atoms with van der Waals surface area (Å²) in [6.45, 7) is 11.5. The van der Waals surface area contributed by atoms with E-state index in [9.17, 15) is 0 Å². The van der Waals surface area contributed by atoms with Gasteiger partial charge in [0.05, 0.1) is 11.2 Å². The average Bonchev–Trinajstić information content (AvgIpc) is 2.53. The number of nitrogens with one attached hydrogen (secondary N) is 1. The van der Waals surface area contributed by atoms with E-state index in [-0.39, 0.29) is 16.6 Å². The highest BCUT2D eigenvalue weighted by atomic mass is 35.5. The Bertz CT molecular complexity index is 599. The van der Waals surface area contributed by atoms with E-state index in [1.807, 2.05) is 12.1 Å². The summed E-state index contributed by atoms with van der Waals surface area (Å²) >= 11 is 6.14. The van der Waals surface area contributed by atoms with Gasteiger partial charge in [-0.15, -0.1) is 0 Å². The average molecular weight is 380 g/mol. The van der Waals surface area contributed by atoms with E-state index in [0.717, 1.165) is 56.9 Å². The molecule has 0 radical (unpaired) electrons. The van der Waals surface area contributed by atoms with Crippen LogP contribution >= 0.6 is 11.6 Å². The minimum absolute atomic E-state index is 0.00947. The van der Waals surface area contributed by atoms with E-state index in [1.165, 1.54) is 5.56 Å². The molecule has 0 aromatic heterocycles. The number of ether oxygens (including phenoxy) is 2. The van der Waals surface area contributed by atoms with E-state index in [2.05, 4.69) is 45.1 Å². The predicted molar refractivity (Wildman–Crippen MR) is 108 cm³/mol. The summed E-state index contributed by atoms with van der Waals surface area (Å²) in [4.78, 5) is 0. The molecule has 0 bridgehead atoms. The van der Waals surface area contributed by atoms with Crippen molar-refractivity contribution in [2.24, 2.45) is 0 Å². The van der Waals surface area contributed by atoms with Crippen LogP contribution in [0.5, 0.6) is 0 Å². The van der Waals surface area contributed by atoms with Gasteiger partial charge >= 0.3 is 0 Å². The van der Waals surface area contributed by atoms with Crippen LogP contribution in [0, 0.1) is 0 Å². The largest absolute Gasteiger partial charge is 0.376 e. The lowest BCUT2D eigenvalue weighted by molar-refractivity contribution is -0.0848. The molecular weight excluding hydrogens is 346 g/mol. The van der Waals surface area contributed by atoms with Crippen molar-refractivity contribution in [2.45, 2.75) is 82.5 Å². The topological polar surface area (TPSA) is 30.5 Å². The number of hydrogen-bond acceptors (Lipinski definition) is 3. The molecule has 1 aromatic carbocycles. The van der Waals surface area contributed by atoms with Crippen molar-refractivity contribution in [3.05, 3.63) is 34.9 Å². The lowest BCUT2D eigenvalue weighted by Crippen LogP contribution is -2.47. The Labute approximate surface area is 163 Å². The van der Waals surface area contributed by atoms with Gasteiger partial charge in [0.2, 0.25) is 0 Å². The molecule has 3 rings (SSSR count). The van der Waals surface area contributed by atoms with Crippen molar-refractivity contribution in [1.29, 1.82) is 0 Å². The van der Waals surface area contributed by atoms with Gasteiger partial charge in [0.1, 0.15) is 0 Å². The second-order valence-corrected chi connectivity index (χ2v) is 9.76. The molecular formula is C22H34ClNO2. The Morgan fingerprint density at radius 1 is 1.04 bits per heavy atom. The summed E-state index contributed by atoms with van der Waals surface area (Å²) in [6, 6.07) is 9.02. The molecule has 2 aliphatic rings. The zero-order valence-electron chi connectivity index (χ0n) is 16.7. The maximum atomic E-state index is 6.14. The van der Waals surface area contributed by atoms with Crippen LogP contribution in [-0.2, 0) is 14.9 Å². The summed E-state index contributed by atoms with van der Waals surface area (Å²) in [5, 5.41) is 4.61. The lowest BCUT2D eigenvalue weighted by atomic mass is 9.67. The highest BCUT2D eigenvalue weighted by Crippen LogP contribution is 2.44. The van der Waals surface area contributed by atoms with Crippen molar-refractivity contribution in [1.82, 2.24) is 5.32 Å². The van der Waals surface area contributed by atoms with E-state index in [0.29, 0.717) is 6.04 Å². The molecule has 0 amide bonds. The fourth-order valence-electron chi connectivity index (χ4n) is 4.81. The minimum atomic E-state index is -0.0848. The quantitative estimate of drug-likeness (QED) is 0.771. The van der Waals surface area contributed by atoms with Gasteiger partial charge in [0, 0.05) is 29.7 Å². The van der Waals surface area contributed by atoms with E-state index in [1.54, 1.807) is 0 Å². The number of halogens is 1. The second-order valence-electron chi connectivity index (χ2n) is 9.32. The molecule has 1 N–H and O–H groups in total. The van der Waals surface area contributed by atoms with Crippen LogP contribution in [-0.4, -0.2) is 37.0 Å². The van der Waals surface area contributed by atoms with Crippen molar-refractivity contribution in [3.63, 3.8) is 0 Å². The molecule has 2 aliphatic heterocycles. The molecule has 4 heteroatoms. The molecule has 2 heterocycles. The first kappa shape index (κ1) is 20.1. The maximum Gasteiger partial charge on any atom is 0.0641 e. The highest BCUT2D eigenvalue weighted by molar-refractivity contribution is 6.30. The predicted octanol–water partition coefficient (Wildman–Crippen LogP) is 5.10. The number of rotatable bonds is 5. The maximum absolute atomic E-state index is 6.14. The Morgan fingerprint density at radius 3 is 2.38 bits per heavy atom. The summed E-state index contributed by atoms with van der Waals surface area (Å²) < 4.78 is 11.9. The third-order valence-electron chi connectivity index (χ3n) is 6.03. The van der Waals surface area contributed by atoms with Gasteiger partial charge in [-0.2, -0.15) is 0 Å². The summed E-state index contributed by atoms with van der Waals surface area (Å²) in [7, 11) is 0. The first-order valence-electron chi connectivity index (χ1n) is 9.97. The molecule has 2 fully saturated rings. The van der Waals surface area contributed by atoms with Crippen LogP contribution in [0.3, 0.4) is 0 Å². The van der Waals surface area contributed by atoms with Gasteiger partial charge in [-0.1, -0.05) is 23.7 Å². The molecule has 0 aliphatic carbocycles. The second kappa shape index (κ2) is 7.79. The third kappa shape index (κ3) is 5.01. The number of benzene rings is 1. The summed E-state index contributed by atoms with van der Waals surface area (Å²) in [5.41, 5.74) is 1.45. The highest BCUT2D eigenvalue weighted by Gasteiger charge is 2.42. The summed E-state index contributed by atoms with van der Waals surface area (Å²) in [5.74, 6) is 0. The van der Waals surface area contributed by atoms with Gasteiger partial charge in [-0.3, -0.25) is 0 Å². The van der Waals surface area contributed by atoms with Crippen LogP contribution in [0.25, 0.3) is 0 Å². The molecule has 0 saturated carbocycles. The molecule has 2 atom stereocenters. The van der Waals surface area contributed by atoms with Crippen LogP contribution in [0.1, 0.15) is 65.4 Å². The first-order chi connectivity index (χ1) is 12.2. The smallest absolute Gasteiger partial charge is 0.0641 e. The van der Waals surface area contributed by atoms with E-state index in [4.69, 9.17) is 21.1 Å². The Morgan fingerprint density at radius 2 is 1.73 bits per heavy atom. The lowest BCUT2D eigenvalue weighted by Gasteiger charge is -2.46. The molecule has 1 aromatic rings. The van der Waals surface area contributed by atoms with Gasteiger partial charge < -0.3 is 14.8 Å². The molecule has 2 unspecified atom stereocenters. The third-order valence-corrected chi connectivity index (χ3v) is 6.28. The fourth-order valence-corrected chi connectivity index (χ4v) is 4.93.